The predicted molar refractivity (Wildman–Crippen MR) is 65.4 cm³/mol. The lowest BCUT2D eigenvalue weighted by molar-refractivity contribution is 0.315. The average Bonchev–Trinajstić information content (AvgIpc) is 2.31. The first-order chi connectivity index (χ1) is 7.69. The lowest BCUT2D eigenvalue weighted by Crippen LogP contribution is -2.27. The minimum absolute atomic E-state index is 0.202. The Morgan fingerprint density at radius 3 is 2.69 bits per heavy atom. The van der Waals surface area contributed by atoms with Gasteiger partial charge >= 0.3 is 0 Å². The number of halogens is 1. The third kappa shape index (κ3) is 3.33. The summed E-state index contributed by atoms with van der Waals surface area (Å²) in [5.74, 6) is 0. The van der Waals surface area contributed by atoms with Crippen LogP contribution in [0.3, 0.4) is 0 Å². The molecule has 1 atom stereocenters. The molecule has 0 aliphatic rings. The highest BCUT2D eigenvalue weighted by Crippen LogP contribution is 2.18. The summed E-state index contributed by atoms with van der Waals surface area (Å²) in [6, 6.07) is 9.39. The van der Waals surface area contributed by atoms with Gasteiger partial charge in [0, 0.05) is 4.47 Å². The standard InChI is InChI=1S/C11H12BrN3O/c1-8(15-16)11(14-7-6-13)9-2-4-10(12)5-3-9/h2-5,11,14,16H,7H2,1H3/b15-8+. The van der Waals surface area contributed by atoms with Gasteiger partial charge in [-0.1, -0.05) is 33.2 Å². The van der Waals surface area contributed by atoms with Crippen LogP contribution in [0.4, 0.5) is 0 Å². The maximum atomic E-state index is 8.78. The van der Waals surface area contributed by atoms with Crippen molar-refractivity contribution in [1.82, 2.24) is 5.32 Å². The Morgan fingerprint density at radius 2 is 2.19 bits per heavy atom. The van der Waals surface area contributed by atoms with Crippen molar-refractivity contribution in [3.8, 4) is 6.07 Å². The first kappa shape index (κ1) is 12.7. The third-order valence-electron chi connectivity index (χ3n) is 2.16. The van der Waals surface area contributed by atoms with Crippen molar-refractivity contribution in [3.05, 3.63) is 34.3 Å². The summed E-state index contributed by atoms with van der Waals surface area (Å²) in [7, 11) is 0. The average molecular weight is 282 g/mol. The monoisotopic (exact) mass is 281 g/mol. The lowest BCUT2D eigenvalue weighted by Gasteiger charge is -2.16. The summed E-state index contributed by atoms with van der Waals surface area (Å²) >= 11 is 3.35. The number of nitriles is 1. The lowest BCUT2D eigenvalue weighted by atomic mass is 10.0. The van der Waals surface area contributed by atoms with E-state index in [2.05, 4.69) is 26.4 Å². The summed E-state index contributed by atoms with van der Waals surface area (Å²) in [6.45, 7) is 1.91. The van der Waals surface area contributed by atoms with Crippen LogP contribution in [0.25, 0.3) is 0 Å². The molecule has 84 valence electrons. The predicted octanol–water partition coefficient (Wildman–Crippen LogP) is 2.45. The molecular formula is C11H12BrN3O. The van der Waals surface area contributed by atoms with Crippen LogP contribution < -0.4 is 5.32 Å². The minimum Gasteiger partial charge on any atom is -0.411 e. The molecule has 0 aliphatic heterocycles. The molecule has 0 aliphatic carbocycles. The van der Waals surface area contributed by atoms with Gasteiger partial charge in [-0.3, -0.25) is 5.32 Å². The summed E-state index contributed by atoms with van der Waals surface area (Å²) in [5.41, 5.74) is 1.48. The SMILES string of the molecule is C/C(=N\O)C(NCC#N)c1ccc(Br)cc1. The molecule has 0 radical (unpaired) electrons. The Morgan fingerprint density at radius 1 is 1.56 bits per heavy atom. The molecule has 0 spiro atoms. The zero-order valence-electron chi connectivity index (χ0n) is 8.81. The molecule has 0 saturated heterocycles. The second kappa shape index (κ2) is 6.26. The Labute approximate surface area is 103 Å². The van der Waals surface area contributed by atoms with Crippen LogP contribution in [0.2, 0.25) is 0 Å². The summed E-state index contributed by atoms with van der Waals surface area (Å²) in [5, 5.41) is 23.5. The van der Waals surface area contributed by atoms with E-state index in [0.717, 1.165) is 10.0 Å². The molecule has 0 aromatic heterocycles. The molecule has 1 rings (SSSR count). The normalized spacial score (nSPS) is 13.2. The molecule has 0 saturated carbocycles. The topological polar surface area (TPSA) is 68.4 Å². The summed E-state index contributed by atoms with van der Waals surface area (Å²) < 4.78 is 0.980. The van der Waals surface area contributed by atoms with E-state index in [1.165, 1.54) is 0 Å². The van der Waals surface area contributed by atoms with Gasteiger partial charge in [-0.15, -0.1) is 0 Å². The zero-order chi connectivity index (χ0) is 12.0. The van der Waals surface area contributed by atoms with Crippen LogP contribution in [-0.2, 0) is 0 Å². The molecule has 0 bridgehead atoms. The fraction of sp³-hybridized carbons (Fsp3) is 0.273. The molecule has 1 aromatic carbocycles. The van der Waals surface area contributed by atoms with Crippen molar-refractivity contribution < 1.29 is 5.21 Å². The van der Waals surface area contributed by atoms with Gasteiger partial charge in [-0.2, -0.15) is 5.26 Å². The van der Waals surface area contributed by atoms with Gasteiger partial charge in [-0.05, 0) is 24.6 Å². The number of nitrogens with one attached hydrogen (secondary N) is 1. The fourth-order valence-corrected chi connectivity index (χ4v) is 1.63. The first-order valence-corrected chi connectivity index (χ1v) is 5.52. The number of oxime groups is 1. The van der Waals surface area contributed by atoms with Crippen LogP contribution in [0.15, 0.2) is 33.9 Å². The Hall–Kier alpha value is -1.38. The summed E-state index contributed by atoms with van der Waals surface area (Å²) in [4.78, 5) is 0. The second-order valence-corrected chi connectivity index (χ2v) is 4.18. The highest BCUT2D eigenvalue weighted by atomic mass is 79.9. The number of hydrogen-bond donors (Lipinski definition) is 2. The van der Waals surface area contributed by atoms with E-state index in [1.54, 1.807) is 6.92 Å². The van der Waals surface area contributed by atoms with Crippen LogP contribution in [0, 0.1) is 11.3 Å². The van der Waals surface area contributed by atoms with Crippen molar-refractivity contribution >= 4 is 21.6 Å². The Balaban J connectivity index is 2.92. The van der Waals surface area contributed by atoms with Crippen molar-refractivity contribution in [2.75, 3.05) is 6.54 Å². The van der Waals surface area contributed by atoms with Crippen LogP contribution in [0.5, 0.6) is 0 Å². The van der Waals surface area contributed by atoms with Crippen molar-refractivity contribution in [3.63, 3.8) is 0 Å². The van der Waals surface area contributed by atoms with Gasteiger partial charge in [0.15, 0.2) is 0 Å². The van der Waals surface area contributed by atoms with E-state index < -0.39 is 0 Å². The van der Waals surface area contributed by atoms with E-state index in [-0.39, 0.29) is 12.6 Å². The van der Waals surface area contributed by atoms with Gasteiger partial charge in [0.25, 0.3) is 0 Å². The van der Waals surface area contributed by atoms with Gasteiger partial charge < -0.3 is 5.21 Å². The highest BCUT2D eigenvalue weighted by molar-refractivity contribution is 9.10. The van der Waals surface area contributed by atoms with E-state index in [4.69, 9.17) is 10.5 Å². The van der Waals surface area contributed by atoms with Gasteiger partial charge in [0.1, 0.15) is 0 Å². The van der Waals surface area contributed by atoms with Crippen molar-refractivity contribution in [2.24, 2.45) is 5.16 Å². The molecule has 16 heavy (non-hydrogen) atoms. The molecule has 5 heteroatoms. The molecule has 2 N–H and O–H groups in total. The first-order valence-electron chi connectivity index (χ1n) is 4.73. The largest absolute Gasteiger partial charge is 0.411 e. The molecule has 0 fully saturated rings. The zero-order valence-corrected chi connectivity index (χ0v) is 10.4. The fourth-order valence-electron chi connectivity index (χ4n) is 1.37. The van der Waals surface area contributed by atoms with E-state index in [0.29, 0.717) is 5.71 Å². The quantitative estimate of drug-likeness (QED) is 0.386. The van der Waals surface area contributed by atoms with Crippen LogP contribution in [-0.4, -0.2) is 17.5 Å². The minimum atomic E-state index is -0.238. The van der Waals surface area contributed by atoms with Gasteiger partial charge in [0.05, 0.1) is 24.4 Å². The van der Waals surface area contributed by atoms with Gasteiger partial charge in [0.2, 0.25) is 0 Å². The molecule has 1 unspecified atom stereocenters. The van der Waals surface area contributed by atoms with Crippen LogP contribution in [0.1, 0.15) is 18.5 Å². The van der Waals surface area contributed by atoms with Crippen molar-refractivity contribution in [1.29, 1.82) is 5.26 Å². The second-order valence-electron chi connectivity index (χ2n) is 3.26. The Kier molecular flexibility index (Phi) is 4.96. The Bertz CT molecular complexity index is 408. The summed E-state index contributed by atoms with van der Waals surface area (Å²) in [6.07, 6.45) is 0. The molecular weight excluding hydrogens is 270 g/mol. The van der Waals surface area contributed by atoms with E-state index >= 15 is 0 Å². The number of rotatable bonds is 4. The maximum Gasteiger partial charge on any atom is 0.0848 e. The van der Waals surface area contributed by atoms with Crippen molar-refractivity contribution in [2.45, 2.75) is 13.0 Å². The number of hydrogen-bond acceptors (Lipinski definition) is 4. The van der Waals surface area contributed by atoms with E-state index in [1.807, 2.05) is 30.3 Å². The number of nitrogens with zero attached hydrogens (tertiary/aromatic N) is 2. The number of benzene rings is 1. The molecule has 0 amide bonds. The van der Waals surface area contributed by atoms with E-state index in [9.17, 15) is 0 Å². The molecule has 4 nitrogen and oxygen atoms in total. The molecule has 0 heterocycles. The third-order valence-corrected chi connectivity index (χ3v) is 2.69. The highest BCUT2D eigenvalue weighted by Gasteiger charge is 2.14. The molecule has 1 aromatic rings. The maximum absolute atomic E-state index is 8.78. The van der Waals surface area contributed by atoms with Crippen LogP contribution >= 0.6 is 15.9 Å². The van der Waals surface area contributed by atoms with Gasteiger partial charge in [-0.25, -0.2) is 0 Å². The smallest absolute Gasteiger partial charge is 0.0848 e.